The van der Waals surface area contributed by atoms with Crippen LogP contribution in [0.3, 0.4) is 0 Å². The van der Waals surface area contributed by atoms with Crippen molar-refractivity contribution < 1.29 is 30.0 Å². The zero-order valence-corrected chi connectivity index (χ0v) is 10.8. The number of aromatic hydroxyl groups is 3. The van der Waals surface area contributed by atoms with E-state index < -0.39 is 35.4 Å². The predicted octanol–water partition coefficient (Wildman–Crippen LogP) is 1.51. The van der Waals surface area contributed by atoms with Gasteiger partial charge in [-0.05, 0) is 25.0 Å². The molecule has 2 atom stereocenters. The van der Waals surface area contributed by atoms with E-state index in [0.717, 1.165) is 12.1 Å². The Labute approximate surface area is 110 Å². The minimum Gasteiger partial charge on any atom is -0.504 e. The van der Waals surface area contributed by atoms with Crippen LogP contribution in [0.2, 0.25) is 0 Å². The highest BCUT2D eigenvalue weighted by atomic mass is 16.6. The molecule has 0 saturated heterocycles. The van der Waals surface area contributed by atoms with Crippen molar-refractivity contribution in [3.8, 4) is 17.2 Å². The maximum Gasteiger partial charge on any atom is 0.338 e. The summed E-state index contributed by atoms with van der Waals surface area (Å²) in [6.45, 7) is 3.53. The molecule has 0 bridgehead atoms. The summed E-state index contributed by atoms with van der Waals surface area (Å²) >= 11 is 0. The molecular formula is C13H18O6. The molecule has 0 aliphatic heterocycles. The number of hydrogen-bond acceptors (Lipinski definition) is 6. The van der Waals surface area contributed by atoms with Gasteiger partial charge in [0.25, 0.3) is 0 Å². The fraction of sp³-hybridized carbons (Fsp3) is 0.462. The minimum absolute atomic E-state index is 0.102. The average molecular weight is 270 g/mol. The van der Waals surface area contributed by atoms with Crippen LogP contribution >= 0.6 is 0 Å². The molecule has 0 saturated carbocycles. The number of esters is 1. The lowest BCUT2D eigenvalue weighted by Gasteiger charge is -2.20. The van der Waals surface area contributed by atoms with Crippen LogP contribution in [-0.2, 0) is 4.74 Å². The van der Waals surface area contributed by atoms with Crippen molar-refractivity contribution in [3.63, 3.8) is 0 Å². The lowest BCUT2D eigenvalue weighted by Crippen LogP contribution is -2.30. The molecule has 6 nitrogen and oxygen atoms in total. The molecule has 0 spiro atoms. The summed E-state index contributed by atoms with van der Waals surface area (Å²) in [7, 11) is 0. The molecule has 0 fully saturated rings. The fourth-order valence-electron chi connectivity index (χ4n) is 1.62. The third-order valence-electron chi connectivity index (χ3n) is 2.81. The van der Waals surface area contributed by atoms with Crippen molar-refractivity contribution in [3.05, 3.63) is 17.7 Å². The van der Waals surface area contributed by atoms with Crippen LogP contribution in [0.25, 0.3) is 0 Å². The zero-order valence-electron chi connectivity index (χ0n) is 10.8. The Balaban J connectivity index is 2.89. The van der Waals surface area contributed by atoms with E-state index in [9.17, 15) is 25.2 Å². The van der Waals surface area contributed by atoms with Gasteiger partial charge in [-0.25, -0.2) is 4.79 Å². The molecule has 106 valence electrons. The number of phenolic OH excluding ortho intramolecular Hbond substituents is 3. The number of hydrogen-bond donors (Lipinski definition) is 4. The Kier molecular flexibility index (Phi) is 5.00. The van der Waals surface area contributed by atoms with Gasteiger partial charge >= 0.3 is 5.97 Å². The number of carbonyl (C=O) groups excluding carboxylic acids is 1. The van der Waals surface area contributed by atoms with E-state index in [0.29, 0.717) is 12.8 Å². The van der Waals surface area contributed by atoms with E-state index in [-0.39, 0.29) is 5.56 Å². The summed E-state index contributed by atoms with van der Waals surface area (Å²) in [5, 5.41) is 37.4. The summed E-state index contributed by atoms with van der Waals surface area (Å²) in [6.07, 6.45) is -0.543. The molecule has 19 heavy (non-hydrogen) atoms. The maximum atomic E-state index is 11.8. The molecule has 0 aromatic heterocycles. The molecular weight excluding hydrogens is 252 g/mol. The van der Waals surface area contributed by atoms with E-state index in [4.69, 9.17) is 4.74 Å². The Morgan fingerprint density at radius 2 is 1.68 bits per heavy atom. The summed E-state index contributed by atoms with van der Waals surface area (Å²) in [4.78, 5) is 11.8. The number of phenols is 3. The van der Waals surface area contributed by atoms with Crippen LogP contribution in [0, 0.1) is 0 Å². The third kappa shape index (κ3) is 3.51. The summed E-state index contributed by atoms with van der Waals surface area (Å²) in [6, 6.07) is 1.98. The molecule has 0 aliphatic rings. The molecule has 4 N–H and O–H groups in total. The van der Waals surface area contributed by atoms with E-state index in [1.165, 1.54) is 0 Å². The number of benzene rings is 1. The van der Waals surface area contributed by atoms with E-state index in [1.54, 1.807) is 13.8 Å². The Morgan fingerprint density at radius 1 is 1.16 bits per heavy atom. The SMILES string of the molecule is CCC(O)C(CC)OC(=O)c1cc(O)c(O)c(O)c1. The molecule has 1 aromatic rings. The molecule has 0 heterocycles. The van der Waals surface area contributed by atoms with Crippen molar-refractivity contribution in [2.75, 3.05) is 0 Å². The van der Waals surface area contributed by atoms with E-state index in [1.807, 2.05) is 0 Å². The van der Waals surface area contributed by atoms with Gasteiger partial charge in [0.15, 0.2) is 17.2 Å². The molecule has 0 radical (unpaired) electrons. The van der Waals surface area contributed by atoms with Gasteiger partial charge in [-0.3, -0.25) is 0 Å². The first kappa shape index (κ1) is 15.1. The normalized spacial score (nSPS) is 13.8. The minimum atomic E-state index is -0.787. The fourth-order valence-corrected chi connectivity index (χ4v) is 1.62. The zero-order chi connectivity index (χ0) is 14.6. The van der Waals surface area contributed by atoms with Gasteiger partial charge in [-0.2, -0.15) is 0 Å². The number of aliphatic hydroxyl groups is 1. The van der Waals surface area contributed by atoms with Gasteiger partial charge in [-0.15, -0.1) is 0 Å². The number of carbonyl (C=O) groups is 1. The molecule has 0 aliphatic carbocycles. The first-order valence-corrected chi connectivity index (χ1v) is 6.04. The highest BCUT2D eigenvalue weighted by molar-refractivity contribution is 5.91. The van der Waals surface area contributed by atoms with Crippen LogP contribution in [0.4, 0.5) is 0 Å². The predicted molar refractivity (Wildman–Crippen MR) is 67.2 cm³/mol. The molecule has 1 rings (SSSR count). The summed E-state index contributed by atoms with van der Waals surface area (Å²) < 4.78 is 5.10. The van der Waals surface area contributed by atoms with Crippen LogP contribution in [0.1, 0.15) is 37.0 Å². The number of aliphatic hydroxyl groups excluding tert-OH is 1. The van der Waals surface area contributed by atoms with Crippen LogP contribution in [0.5, 0.6) is 17.2 Å². The molecule has 2 unspecified atom stereocenters. The second-order valence-electron chi connectivity index (χ2n) is 4.19. The van der Waals surface area contributed by atoms with Gasteiger partial charge in [0, 0.05) is 0 Å². The van der Waals surface area contributed by atoms with Crippen molar-refractivity contribution in [1.29, 1.82) is 0 Å². The average Bonchev–Trinajstić information content (AvgIpc) is 2.40. The smallest absolute Gasteiger partial charge is 0.338 e. The highest BCUT2D eigenvalue weighted by Crippen LogP contribution is 2.35. The molecule has 6 heteroatoms. The Morgan fingerprint density at radius 3 is 2.11 bits per heavy atom. The first-order chi connectivity index (χ1) is 8.90. The maximum absolute atomic E-state index is 11.8. The second kappa shape index (κ2) is 6.29. The largest absolute Gasteiger partial charge is 0.504 e. The lowest BCUT2D eigenvalue weighted by atomic mass is 10.1. The molecule has 0 amide bonds. The quantitative estimate of drug-likeness (QED) is 0.477. The van der Waals surface area contributed by atoms with Crippen LogP contribution in [0.15, 0.2) is 12.1 Å². The van der Waals surface area contributed by atoms with E-state index >= 15 is 0 Å². The van der Waals surface area contributed by atoms with Gasteiger partial charge < -0.3 is 25.2 Å². The van der Waals surface area contributed by atoms with Crippen molar-refractivity contribution in [2.24, 2.45) is 0 Å². The monoisotopic (exact) mass is 270 g/mol. The number of ether oxygens (including phenoxy) is 1. The summed E-state index contributed by atoms with van der Waals surface area (Å²) in [5.74, 6) is -2.71. The standard InChI is InChI=1S/C13H18O6/c1-3-8(14)11(4-2)19-13(18)7-5-9(15)12(17)10(16)6-7/h5-6,8,11,14-17H,3-4H2,1-2H3. The van der Waals surface area contributed by atoms with Gasteiger partial charge in [0.2, 0.25) is 0 Å². The van der Waals surface area contributed by atoms with Crippen LogP contribution < -0.4 is 0 Å². The second-order valence-corrected chi connectivity index (χ2v) is 4.19. The summed E-state index contributed by atoms with van der Waals surface area (Å²) in [5.41, 5.74) is -0.102. The van der Waals surface area contributed by atoms with Crippen LogP contribution in [-0.4, -0.2) is 38.6 Å². The topological polar surface area (TPSA) is 107 Å². The highest BCUT2D eigenvalue weighted by Gasteiger charge is 2.22. The van der Waals surface area contributed by atoms with Gasteiger partial charge in [0.1, 0.15) is 6.10 Å². The number of rotatable bonds is 5. The Bertz CT molecular complexity index is 433. The lowest BCUT2D eigenvalue weighted by molar-refractivity contribution is -0.0206. The van der Waals surface area contributed by atoms with Gasteiger partial charge in [-0.1, -0.05) is 13.8 Å². The Hall–Kier alpha value is -1.95. The van der Waals surface area contributed by atoms with Gasteiger partial charge in [0.05, 0.1) is 11.7 Å². The van der Waals surface area contributed by atoms with E-state index in [2.05, 4.69) is 0 Å². The third-order valence-corrected chi connectivity index (χ3v) is 2.81. The van der Waals surface area contributed by atoms with Crippen molar-refractivity contribution >= 4 is 5.97 Å². The van der Waals surface area contributed by atoms with Crippen molar-refractivity contribution in [1.82, 2.24) is 0 Å². The molecule has 1 aromatic carbocycles. The first-order valence-electron chi connectivity index (χ1n) is 6.04. The van der Waals surface area contributed by atoms with Crippen molar-refractivity contribution in [2.45, 2.75) is 38.9 Å².